The van der Waals surface area contributed by atoms with E-state index in [9.17, 15) is 0 Å². The molecule has 146 valence electrons. The van der Waals surface area contributed by atoms with Crippen LogP contribution in [0, 0.1) is 0 Å². The molecule has 0 spiro atoms. The summed E-state index contributed by atoms with van der Waals surface area (Å²) in [5.41, 5.74) is 5.32. The summed E-state index contributed by atoms with van der Waals surface area (Å²) in [6.45, 7) is 9.47. The lowest BCUT2D eigenvalue weighted by Crippen LogP contribution is -2.46. The van der Waals surface area contributed by atoms with Crippen molar-refractivity contribution < 1.29 is 0 Å². The summed E-state index contributed by atoms with van der Waals surface area (Å²) < 4.78 is 0. The van der Waals surface area contributed by atoms with Crippen LogP contribution in [0.4, 0.5) is 11.4 Å². The van der Waals surface area contributed by atoms with Crippen LogP contribution in [0.15, 0.2) is 84.9 Å². The van der Waals surface area contributed by atoms with E-state index in [4.69, 9.17) is 0 Å². The molecular weight excluding hydrogens is 338 g/mol. The highest BCUT2D eigenvalue weighted by Crippen LogP contribution is 2.51. The molecule has 0 saturated carbocycles. The van der Waals surface area contributed by atoms with Crippen LogP contribution in [0.1, 0.15) is 58.1 Å². The Morgan fingerprint density at radius 3 is 1.57 bits per heavy atom. The van der Waals surface area contributed by atoms with Crippen LogP contribution in [0.25, 0.3) is 0 Å². The van der Waals surface area contributed by atoms with Crippen LogP contribution < -0.4 is 5.32 Å². The molecule has 1 heteroatoms. The van der Waals surface area contributed by atoms with Crippen molar-refractivity contribution in [3.63, 3.8) is 0 Å². The number of nitrogens with one attached hydrogen (secondary N) is 1. The Morgan fingerprint density at radius 2 is 1.07 bits per heavy atom. The fraction of sp³-hybridized carbons (Fsp3) is 0.333. The van der Waals surface area contributed by atoms with Crippen LogP contribution in [0.2, 0.25) is 0 Å². The van der Waals surface area contributed by atoms with Gasteiger partial charge in [0.15, 0.2) is 0 Å². The van der Waals surface area contributed by atoms with Crippen LogP contribution in [0.5, 0.6) is 0 Å². The molecule has 1 unspecified atom stereocenters. The van der Waals surface area contributed by atoms with Gasteiger partial charge < -0.3 is 5.32 Å². The summed E-state index contributed by atoms with van der Waals surface area (Å²) in [5, 5.41) is 3.50. The summed E-state index contributed by atoms with van der Waals surface area (Å²) >= 11 is 0. The van der Waals surface area contributed by atoms with Crippen molar-refractivity contribution >= 4 is 11.4 Å². The van der Waals surface area contributed by atoms with Crippen molar-refractivity contribution in [3.05, 3.63) is 96.1 Å². The predicted molar refractivity (Wildman–Crippen MR) is 123 cm³/mol. The van der Waals surface area contributed by atoms with Gasteiger partial charge in [0.1, 0.15) is 0 Å². The van der Waals surface area contributed by atoms with E-state index in [2.05, 4.69) is 112 Å². The molecule has 0 aliphatic carbocycles. The third-order valence-corrected chi connectivity index (χ3v) is 6.88. The average molecular weight is 372 g/mol. The standard InChI is InChI=1S/C27H33N/c1-5-26(4,27(6-2,7-3)23-14-10-8-11-15-23)22-18-20-25(21-19-22)28-24-16-12-9-13-17-24/h8-21,28H,5-7H2,1-4H3. The normalized spacial score (nSPS) is 13.7. The fourth-order valence-electron chi connectivity index (χ4n) is 4.94. The third-order valence-electron chi connectivity index (χ3n) is 6.88. The second-order valence-corrected chi connectivity index (χ2v) is 7.91. The smallest absolute Gasteiger partial charge is 0.0384 e. The van der Waals surface area contributed by atoms with Crippen LogP contribution in [-0.2, 0) is 10.8 Å². The SMILES string of the molecule is CCC(C)(c1ccc(Nc2ccccc2)cc1)C(CC)(CC)c1ccccc1. The molecule has 1 atom stereocenters. The first-order chi connectivity index (χ1) is 13.6. The molecule has 3 aromatic carbocycles. The molecule has 0 aliphatic rings. The Morgan fingerprint density at radius 1 is 0.571 bits per heavy atom. The minimum Gasteiger partial charge on any atom is -0.356 e. The molecule has 0 bridgehead atoms. The van der Waals surface area contributed by atoms with Gasteiger partial charge >= 0.3 is 0 Å². The lowest BCUT2D eigenvalue weighted by molar-refractivity contribution is 0.204. The Kier molecular flexibility index (Phi) is 6.24. The van der Waals surface area contributed by atoms with E-state index in [-0.39, 0.29) is 10.8 Å². The fourth-order valence-corrected chi connectivity index (χ4v) is 4.94. The summed E-state index contributed by atoms with van der Waals surface area (Å²) in [6, 6.07) is 30.5. The van der Waals surface area contributed by atoms with Crippen molar-refractivity contribution in [2.45, 2.75) is 57.8 Å². The maximum absolute atomic E-state index is 3.50. The van der Waals surface area contributed by atoms with Gasteiger partial charge in [-0.1, -0.05) is 88.4 Å². The molecule has 1 N–H and O–H groups in total. The highest BCUT2D eigenvalue weighted by molar-refractivity contribution is 5.60. The van der Waals surface area contributed by atoms with E-state index in [1.165, 1.54) is 11.1 Å². The number of hydrogen-bond acceptors (Lipinski definition) is 1. The Balaban J connectivity index is 1.98. The Labute approximate surface area is 170 Å². The first-order valence-electron chi connectivity index (χ1n) is 10.6. The molecule has 0 heterocycles. The molecule has 0 fully saturated rings. The molecule has 3 rings (SSSR count). The van der Waals surface area contributed by atoms with E-state index < -0.39 is 0 Å². The number of benzene rings is 3. The lowest BCUT2D eigenvalue weighted by atomic mass is 9.54. The molecule has 3 aromatic rings. The second kappa shape index (κ2) is 8.65. The summed E-state index contributed by atoms with van der Waals surface area (Å²) in [5.74, 6) is 0. The van der Waals surface area contributed by atoms with Gasteiger partial charge in [-0.25, -0.2) is 0 Å². The molecule has 0 aliphatic heterocycles. The minimum atomic E-state index is 0.0725. The second-order valence-electron chi connectivity index (χ2n) is 7.91. The largest absolute Gasteiger partial charge is 0.356 e. The number of anilines is 2. The van der Waals surface area contributed by atoms with Crippen molar-refractivity contribution in [2.24, 2.45) is 0 Å². The Bertz CT molecular complexity index is 848. The number of rotatable bonds is 8. The van der Waals surface area contributed by atoms with Crippen LogP contribution in [-0.4, -0.2) is 0 Å². The van der Waals surface area contributed by atoms with E-state index in [0.29, 0.717) is 0 Å². The molecule has 0 amide bonds. The van der Waals surface area contributed by atoms with Crippen molar-refractivity contribution in [1.82, 2.24) is 0 Å². The molecule has 0 aromatic heterocycles. The summed E-state index contributed by atoms with van der Waals surface area (Å²) in [4.78, 5) is 0. The maximum atomic E-state index is 3.50. The molecule has 0 radical (unpaired) electrons. The van der Waals surface area contributed by atoms with Gasteiger partial charge in [-0.05, 0) is 54.7 Å². The topological polar surface area (TPSA) is 12.0 Å². The zero-order chi connectivity index (χ0) is 20.0. The average Bonchev–Trinajstić information content (AvgIpc) is 2.77. The van der Waals surface area contributed by atoms with Crippen LogP contribution >= 0.6 is 0 Å². The maximum Gasteiger partial charge on any atom is 0.0384 e. The van der Waals surface area contributed by atoms with Gasteiger partial charge in [-0.2, -0.15) is 0 Å². The minimum absolute atomic E-state index is 0.0725. The van der Waals surface area contributed by atoms with Gasteiger partial charge in [-0.15, -0.1) is 0 Å². The van der Waals surface area contributed by atoms with E-state index in [0.717, 1.165) is 30.6 Å². The number of para-hydroxylation sites is 1. The molecule has 1 nitrogen and oxygen atoms in total. The monoisotopic (exact) mass is 371 g/mol. The zero-order valence-corrected chi connectivity index (χ0v) is 17.7. The number of hydrogen-bond donors (Lipinski definition) is 1. The summed E-state index contributed by atoms with van der Waals surface area (Å²) in [7, 11) is 0. The Hall–Kier alpha value is -2.54. The zero-order valence-electron chi connectivity index (χ0n) is 17.7. The molecule has 0 saturated heterocycles. The first-order valence-corrected chi connectivity index (χ1v) is 10.6. The van der Waals surface area contributed by atoms with E-state index in [1.807, 2.05) is 6.07 Å². The van der Waals surface area contributed by atoms with Gasteiger partial charge in [0.05, 0.1) is 0 Å². The quantitative estimate of drug-likeness (QED) is 0.425. The summed E-state index contributed by atoms with van der Waals surface area (Å²) in [6.07, 6.45) is 3.36. The molecule has 28 heavy (non-hydrogen) atoms. The van der Waals surface area contributed by atoms with Crippen molar-refractivity contribution in [2.75, 3.05) is 5.32 Å². The van der Waals surface area contributed by atoms with Crippen LogP contribution in [0.3, 0.4) is 0 Å². The van der Waals surface area contributed by atoms with Gasteiger partial charge in [0, 0.05) is 22.2 Å². The third kappa shape index (κ3) is 3.58. The molecular formula is C27H33N. The highest BCUT2D eigenvalue weighted by atomic mass is 14.9. The highest BCUT2D eigenvalue weighted by Gasteiger charge is 2.46. The first kappa shape index (κ1) is 20.2. The van der Waals surface area contributed by atoms with Gasteiger partial charge in [0.2, 0.25) is 0 Å². The van der Waals surface area contributed by atoms with Gasteiger partial charge in [0.25, 0.3) is 0 Å². The van der Waals surface area contributed by atoms with E-state index in [1.54, 1.807) is 0 Å². The van der Waals surface area contributed by atoms with Gasteiger partial charge in [-0.3, -0.25) is 0 Å². The lowest BCUT2D eigenvalue weighted by Gasteiger charge is -2.49. The predicted octanol–water partition coefficient (Wildman–Crippen LogP) is 7.86. The van der Waals surface area contributed by atoms with E-state index >= 15 is 0 Å². The van der Waals surface area contributed by atoms with Crippen molar-refractivity contribution in [1.29, 1.82) is 0 Å². The van der Waals surface area contributed by atoms with Crippen molar-refractivity contribution in [3.8, 4) is 0 Å².